The molecule has 1 aliphatic rings. The van der Waals surface area contributed by atoms with Crippen LogP contribution < -0.4 is 0 Å². The van der Waals surface area contributed by atoms with Crippen molar-refractivity contribution in [2.45, 2.75) is 12.0 Å². The summed E-state index contributed by atoms with van der Waals surface area (Å²) in [5.41, 5.74) is -1.01. The molecule has 2 aromatic rings. The van der Waals surface area contributed by atoms with Gasteiger partial charge in [-0.25, -0.2) is 4.39 Å². The first-order valence-electron chi connectivity index (χ1n) is 8.93. The first-order valence-corrected chi connectivity index (χ1v) is 8.93. The maximum absolute atomic E-state index is 14.2. The Morgan fingerprint density at radius 3 is 2.31 bits per heavy atom. The molecule has 0 saturated carbocycles. The summed E-state index contributed by atoms with van der Waals surface area (Å²) >= 11 is 0. The Morgan fingerprint density at radius 1 is 1.07 bits per heavy atom. The minimum Gasteiger partial charge on any atom is -0.323 e. The molecule has 0 bridgehead atoms. The van der Waals surface area contributed by atoms with Gasteiger partial charge in [0.25, 0.3) is 17.5 Å². The Balaban J connectivity index is 2.04. The topological polar surface area (TPSA) is 83.8 Å². The van der Waals surface area contributed by atoms with Crippen LogP contribution in [0.4, 0.5) is 10.1 Å². The quantitative estimate of drug-likeness (QED) is 0.441. The van der Waals surface area contributed by atoms with Crippen molar-refractivity contribution in [1.29, 1.82) is 0 Å². The Labute approximate surface area is 167 Å². The summed E-state index contributed by atoms with van der Waals surface area (Å²) < 4.78 is 14.2. The number of amides is 2. The average molecular weight is 397 g/mol. The number of hydrogen-bond donors (Lipinski definition) is 0. The molecule has 0 radical (unpaired) electrons. The minimum atomic E-state index is -1.67. The van der Waals surface area contributed by atoms with Crippen LogP contribution in [0.5, 0.6) is 0 Å². The molecule has 1 aliphatic heterocycles. The molecule has 2 aromatic carbocycles. The van der Waals surface area contributed by atoms with E-state index in [0.29, 0.717) is 0 Å². The number of rotatable bonds is 5. The highest BCUT2D eigenvalue weighted by molar-refractivity contribution is 6.09. The minimum absolute atomic E-state index is 0.0223. The van der Waals surface area contributed by atoms with E-state index in [9.17, 15) is 24.1 Å². The van der Waals surface area contributed by atoms with E-state index in [4.69, 9.17) is 0 Å². The number of para-hydroxylation sites is 1. The molecular weight excluding hydrogens is 377 g/mol. The standard InChI is InChI=1S/C21H20FN3O4/c1-23-18(12-16-10-6-7-11-17(16)25(28)29)19(26)24(2)21(14-22,20(23)27)13-15-8-4-3-5-9-15/h3-12H,13-14H2,1-2H3. The van der Waals surface area contributed by atoms with E-state index in [1.165, 1.54) is 38.4 Å². The van der Waals surface area contributed by atoms with E-state index in [0.717, 1.165) is 15.4 Å². The van der Waals surface area contributed by atoms with Gasteiger partial charge in [-0.05, 0) is 17.7 Å². The third-order valence-corrected chi connectivity index (χ3v) is 5.22. The fraction of sp³-hybridized carbons (Fsp3) is 0.238. The molecule has 1 heterocycles. The first kappa shape index (κ1) is 20.2. The number of hydrogen-bond acceptors (Lipinski definition) is 4. The Kier molecular flexibility index (Phi) is 5.45. The van der Waals surface area contributed by atoms with Crippen LogP contribution in [0.25, 0.3) is 6.08 Å². The zero-order chi connectivity index (χ0) is 21.2. The SMILES string of the molecule is CN1C(=O)C(CF)(Cc2ccccc2)N(C)C(=O)C1=Cc1ccccc1[N+](=O)[O-]. The summed E-state index contributed by atoms with van der Waals surface area (Å²) in [6.45, 7) is -1.05. The number of nitro benzene ring substituents is 1. The lowest BCUT2D eigenvalue weighted by Gasteiger charge is -2.46. The van der Waals surface area contributed by atoms with Gasteiger partial charge in [-0.1, -0.05) is 42.5 Å². The van der Waals surface area contributed by atoms with Gasteiger partial charge in [0.05, 0.1) is 10.5 Å². The number of carbonyl (C=O) groups is 2. The summed E-state index contributed by atoms with van der Waals surface area (Å²) in [6, 6.07) is 14.8. The lowest BCUT2D eigenvalue weighted by molar-refractivity contribution is -0.385. The molecule has 150 valence electrons. The van der Waals surface area contributed by atoms with Gasteiger partial charge in [-0.2, -0.15) is 0 Å². The second-order valence-corrected chi connectivity index (χ2v) is 6.90. The van der Waals surface area contributed by atoms with Crippen LogP contribution >= 0.6 is 0 Å². The van der Waals surface area contributed by atoms with Gasteiger partial charge in [-0.3, -0.25) is 19.7 Å². The summed E-state index contributed by atoms with van der Waals surface area (Å²) in [6.07, 6.45) is 1.31. The van der Waals surface area contributed by atoms with Gasteiger partial charge in [0.2, 0.25) is 0 Å². The van der Waals surface area contributed by atoms with Crippen molar-refractivity contribution >= 4 is 23.6 Å². The van der Waals surface area contributed by atoms with E-state index in [2.05, 4.69) is 0 Å². The van der Waals surface area contributed by atoms with Crippen molar-refractivity contribution < 1.29 is 18.9 Å². The summed E-state index contributed by atoms with van der Waals surface area (Å²) in [4.78, 5) is 39.1. The molecule has 7 nitrogen and oxygen atoms in total. The second kappa shape index (κ2) is 7.83. The Hall–Kier alpha value is -3.55. The number of alkyl halides is 1. The van der Waals surface area contributed by atoms with E-state index in [1.54, 1.807) is 30.3 Å². The summed E-state index contributed by atoms with van der Waals surface area (Å²) in [7, 11) is 2.76. The van der Waals surface area contributed by atoms with Crippen LogP contribution in [0.3, 0.4) is 0 Å². The molecule has 0 N–H and O–H groups in total. The number of piperazine rings is 1. The Bertz CT molecular complexity index is 992. The maximum Gasteiger partial charge on any atom is 0.276 e. The van der Waals surface area contributed by atoms with Crippen LogP contribution in [0.15, 0.2) is 60.3 Å². The number of halogens is 1. The van der Waals surface area contributed by atoms with Crippen LogP contribution in [0.1, 0.15) is 11.1 Å². The zero-order valence-electron chi connectivity index (χ0n) is 16.0. The summed E-state index contributed by atoms with van der Waals surface area (Å²) in [5.74, 6) is -1.17. The van der Waals surface area contributed by atoms with Crippen molar-refractivity contribution in [3.63, 3.8) is 0 Å². The van der Waals surface area contributed by atoms with E-state index >= 15 is 0 Å². The molecule has 1 atom stereocenters. The number of nitrogens with zero attached hydrogens (tertiary/aromatic N) is 3. The average Bonchev–Trinajstić information content (AvgIpc) is 2.74. The lowest BCUT2D eigenvalue weighted by atomic mass is 9.86. The molecule has 8 heteroatoms. The molecule has 29 heavy (non-hydrogen) atoms. The van der Waals surface area contributed by atoms with Gasteiger partial charge in [0.15, 0.2) is 5.54 Å². The Morgan fingerprint density at radius 2 is 1.69 bits per heavy atom. The molecule has 3 rings (SSSR count). The fourth-order valence-corrected chi connectivity index (χ4v) is 3.48. The van der Waals surface area contributed by atoms with Gasteiger partial charge in [0.1, 0.15) is 12.4 Å². The van der Waals surface area contributed by atoms with Crippen LogP contribution in [-0.2, 0) is 16.0 Å². The third-order valence-electron chi connectivity index (χ3n) is 5.22. The monoisotopic (exact) mass is 397 g/mol. The van der Waals surface area contributed by atoms with Crippen molar-refractivity contribution in [1.82, 2.24) is 9.80 Å². The van der Waals surface area contributed by atoms with Crippen molar-refractivity contribution in [2.75, 3.05) is 20.8 Å². The maximum atomic E-state index is 14.2. The van der Waals surface area contributed by atoms with Crippen LogP contribution in [-0.4, -0.2) is 52.8 Å². The van der Waals surface area contributed by atoms with Gasteiger partial charge >= 0.3 is 0 Å². The number of carbonyl (C=O) groups excluding carboxylic acids is 2. The second-order valence-electron chi connectivity index (χ2n) is 6.90. The van der Waals surface area contributed by atoms with E-state index < -0.39 is 29.0 Å². The largest absolute Gasteiger partial charge is 0.323 e. The predicted molar refractivity (Wildman–Crippen MR) is 105 cm³/mol. The van der Waals surface area contributed by atoms with Crippen LogP contribution in [0.2, 0.25) is 0 Å². The molecule has 1 saturated heterocycles. The van der Waals surface area contributed by atoms with Crippen molar-refractivity contribution in [2.24, 2.45) is 0 Å². The molecule has 2 amide bonds. The van der Waals surface area contributed by atoms with Gasteiger partial charge in [-0.15, -0.1) is 0 Å². The summed E-state index contributed by atoms with van der Waals surface area (Å²) in [5, 5.41) is 11.3. The zero-order valence-corrected chi connectivity index (χ0v) is 16.0. The van der Waals surface area contributed by atoms with Gasteiger partial charge < -0.3 is 9.80 Å². The smallest absolute Gasteiger partial charge is 0.276 e. The highest BCUT2D eigenvalue weighted by Gasteiger charge is 2.52. The van der Waals surface area contributed by atoms with E-state index in [-0.39, 0.29) is 23.4 Å². The molecular formula is C21H20FN3O4. The number of nitro groups is 1. The molecule has 1 fully saturated rings. The molecule has 0 aromatic heterocycles. The number of likely N-dealkylation sites (N-methyl/N-ethyl adjacent to an activating group) is 2. The lowest BCUT2D eigenvalue weighted by Crippen LogP contribution is -2.67. The molecule has 0 aliphatic carbocycles. The first-order chi connectivity index (χ1) is 13.8. The van der Waals surface area contributed by atoms with Crippen LogP contribution in [0, 0.1) is 10.1 Å². The highest BCUT2D eigenvalue weighted by atomic mass is 19.1. The third kappa shape index (κ3) is 3.49. The molecule has 0 spiro atoms. The highest BCUT2D eigenvalue weighted by Crippen LogP contribution is 2.33. The predicted octanol–water partition coefficient (Wildman–Crippen LogP) is 2.82. The van der Waals surface area contributed by atoms with Gasteiger partial charge in [0, 0.05) is 26.6 Å². The van der Waals surface area contributed by atoms with E-state index in [1.807, 2.05) is 6.07 Å². The van der Waals surface area contributed by atoms with Crippen molar-refractivity contribution in [3.05, 3.63) is 81.5 Å². The van der Waals surface area contributed by atoms with Crippen molar-refractivity contribution in [3.8, 4) is 0 Å². The number of benzene rings is 2. The fourth-order valence-electron chi connectivity index (χ4n) is 3.48. The molecule has 1 unspecified atom stereocenters. The normalized spacial score (nSPS) is 21.0.